The van der Waals surface area contributed by atoms with Crippen molar-refractivity contribution in [2.75, 3.05) is 19.8 Å². The molecule has 1 rings (SSSR count). The van der Waals surface area contributed by atoms with E-state index in [4.69, 9.17) is 14.2 Å². The van der Waals surface area contributed by atoms with E-state index in [9.17, 15) is 14.7 Å². The molecule has 0 saturated carbocycles. The van der Waals surface area contributed by atoms with Gasteiger partial charge in [-0.3, -0.25) is 0 Å². The molecule has 0 saturated heterocycles. The van der Waals surface area contributed by atoms with E-state index < -0.39 is 23.8 Å². The first-order valence-corrected chi connectivity index (χ1v) is 10.6. The summed E-state index contributed by atoms with van der Waals surface area (Å²) < 4.78 is 16.4. The fourth-order valence-corrected chi connectivity index (χ4v) is 2.79. The molecule has 0 aliphatic carbocycles. The van der Waals surface area contributed by atoms with Gasteiger partial charge in [0.15, 0.2) is 6.10 Å². The summed E-state index contributed by atoms with van der Waals surface area (Å²) >= 11 is 0. The lowest BCUT2D eigenvalue weighted by atomic mass is 10.1. The largest absolute Gasteiger partial charge is 0.479 e. The third-order valence-corrected chi connectivity index (χ3v) is 4.12. The quantitative estimate of drug-likeness (QED) is 0.334. The fourth-order valence-electron chi connectivity index (χ4n) is 2.79. The smallest absolute Gasteiger partial charge is 0.408 e. The minimum Gasteiger partial charge on any atom is -0.479 e. The lowest BCUT2D eigenvalue weighted by Gasteiger charge is -2.24. The molecule has 32 heavy (non-hydrogen) atoms. The van der Waals surface area contributed by atoms with Crippen molar-refractivity contribution >= 4 is 12.1 Å². The first kappa shape index (κ1) is 27.1. The first-order chi connectivity index (χ1) is 15.2. The predicted molar refractivity (Wildman–Crippen MR) is 124 cm³/mol. The van der Waals surface area contributed by atoms with Gasteiger partial charge in [-0.15, -0.1) is 0 Å². The van der Waals surface area contributed by atoms with Gasteiger partial charge < -0.3 is 24.6 Å². The third kappa shape index (κ3) is 11.5. The van der Waals surface area contributed by atoms with E-state index in [1.807, 2.05) is 30.3 Å². The van der Waals surface area contributed by atoms with E-state index in [0.29, 0.717) is 6.61 Å². The molecular weight excluding hydrogens is 410 g/mol. The van der Waals surface area contributed by atoms with Crippen molar-refractivity contribution < 1.29 is 28.9 Å². The summed E-state index contributed by atoms with van der Waals surface area (Å²) in [5.74, 6) is -1.01. The van der Waals surface area contributed by atoms with Crippen LogP contribution in [0.3, 0.4) is 0 Å². The van der Waals surface area contributed by atoms with Gasteiger partial charge in [-0.1, -0.05) is 61.2 Å². The molecule has 7 heteroatoms. The van der Waals surface area contributed by atoms with Crippen LogP contribution in [0.15, 0.2) is 66.8 Å². The van der Waals surface area contributed by atoms with Crippen molar-refractivity contribution in [3.8, 4) is 0 Å². The van der Waals surface area contributed by atoms with Gasteiger partial charge in [0.25, 0.3) is 0 Å². The molecule has 0 aliphatic rings. The van der Waals surface area contributed by atoms with Gasteiger partial charge in [0, 0.05) is 13.0 Å². The van der Waals surface area contributed by atoms with Crippen LogP contribution in [0.4, 0.5) is 4.79 Å². The molecule has 2 atom stereocenters. The average Bonchev–Trinajstić information content (AvgIpc) is 2.71. The number of carboxylic acids is 1. The summed E-state index contributed by atoms with van der Waals surface area (Å²) in [5, 5.41) is 12.1. The Labute approximate surface area is 190 Å². The summed E-state index contributed by atoms with van der Waals surface area (Å²) in [6.45, 7) is 11.7. The van der Waals surface area contributed by atoms with Gasteiger partial charge in [-0.2, -0.15) is 0 Å². The standard InChI is InChI=1S/C25H35NO6/c1-6-12-19(17-22(23(27)28)31-7-2)13-11-16-30-18-21(20-14-9-8-10-15-20)26-24(29)32-25(3,4)5/h6,8-15,21-22H,1,7,16-18H2,2-5H3,(H,26,29)(H,27,28)/b13-11-,19-12+/t21-,22+/m1/s1. The second kappa shape index (κ2) is 14.2. The Balaban J connectivity index is 2.70. The number of ether oxygens (including phenoxy) is 3. The Bertz CT molecular complexity index is 779. The molecule has 1 aromatic rings. The second-order valence-corrected chi connectivity index (χ2v) is 8.01. The Morgan fingerprint density at radius 1 is 1.22 bits per heavy atom. The predicted octanol–water partition coefficient (Wildman–Crippen LogP) is 4.82. The molecule has 1 amide bonds. The molecule has 0 unspecified atom stereocenters. The van der Waals surface area contributed by atoms with Crippen molar-refractivity contribution in [1.82, 2.24) is 5.32 Å². The first-order valence-electron chi connectivity index (χ1n) is 10.6. The normalized spacial score (nSPS) is 14.1. The minimum absolute atomic E-state index is 0.221. The van der Waals surface area contributed by atoms with Gasteiger partial charge in [-0.25, -0.2) is 9.59 Å². The summed E-state index contributed by atoms with van der Waals surface area (Å²) in [5.41, 5.74) is 1.06. The molecule has 0 aromatic heterocycles. The van der Waals surface area contributed by atoms with E-state index in [-0.39, 0.29) is 25.7 Å². The molecule has 0 heterocycles. The zero-order valence-electron chi connectivity index (χ0n) is 19.4. The van der Waals surface area contributed by atoms with E-state index in [2.05, 4.69) is 11.9 Å². The maximum absolute atomic E-state index is 12.2. The number of hydrogen-bond acceptors (Lipinski definition) is 5. The van der Waals surface area contributed by atoms with Gasteiger partial charge in [0.05, 0.1) is 19.3 Å². The second-order valence-electron chi connectivity index (χ2n) is 8.01. The molecule has 0 fully saturated rings. The van der Waals surface area contributed by atoms with Crippen molar-refractivity contribution in [3.05, 3.63) is 72.4 Å². The van der Waals surface area contributed by atoms with Crippen molar-refractivity contribution in [1.29, 1.82) is 0 Å². The van der Waals surface area contributed by atoms with Crippen LogP contribution in [-0.2, 0) is 19.0 Å². The van der Waals surface area contributed by atoms with E-state index >= 15 is 0 Å². The van der Waals surface area contributed by atoms with Crippen molar-refractivity contribution in [3.63, 3.8) is 0 Å². The molecule has 0 bridgehead atoms. The summed E-state index contributed by atoms with van der Waals surface area (Å²) in [7, 11) is 0. The molecule has 0 aliphatic heterocycles. The summed E-state index contributed by atoms with van der Waals surface area (Å²) in [4.78, 5) is 23.5. The third-order valence-electron chi connectivity index (χ3n) is 4.12. The highest BCUT2D eigenvalue weighted by molar-refractivity contribution is 5.73. The van der Waals surface area contributed by atoms with E-state index in [0.717, 1.165) is 11.1 Å². The molecule has 176 valence electrons. The number of amides is 1. The average molecular weight is 446 g/mol. The molecular formula is C25H35NO6. The van der Waals surface area contributed by atoms with E-state index in [1.165, 1.54) is 0 Å². The highest BCUT2D eigenvalue weighted by Gasteiger charge is 2.21. The number of nitrogens with one attached hydrogen (secondary N) is 1. The SMILES string of the molecule is C=C/C=C(\C=C/COC[C@@H](NC(=O)OC(C)(C)C)c1ccccc1)C[C@H](OCC)C(=O)O. The fraction of sp³-hybridized carbons (Fsp3) is 0.440. The zero-order chi connectivity index (χ0) is 24.0. The molecule has 1 aromatic carbocycles. The maximum Gasteiger partial charge on any atom is 0.408 e. The maximum atomic E-state index is 12.2. The zero-order valence-corrected chi connectivity index (χ0v) is 19.4. The van der Waals surface area contributed by atoms with Gasteiger partial charge in [0.1, 0.15) is 5.60 Å². The Kier molecular flexibility index (Phi) is 12.1. The van der Waals surface area contributed by atoms with Gasteiger partial charge in [-0.05, 0) is 38.8 Å². The van der Waals surface area contributed by atoms with Crippen LogP contribution >= 0.6 is 0 Å². The highest BCUT2D eigenvalue weighted by atomic mass is 16.6. The lowest BCUT2D eigenvalue weighted by Crippen LogP contribution is -2.36. The van der Waals surface area contributed by atoms with Crippen molar-refractivity contribution in [2.45, 2.75) is 51.9 Å². The summed E-state index contributed by atoms with van der Waals surface area (Å²) in [6.07, 6.45) is 5.70. The van der Waals surface area contributed by atoms with Crippen LogP contribution in [0, 0.1) is 0 Å². The number of allylic oxidation sites excluding steroid dienone is 3. The molecule has 0 spiro atoms. The number of hydrogen-bond donors (Lipinski definition) is 2. The Hall–Kier alpha value is -2.90. The number of carbonyl (C=O) groups excluding carboxylic acids is 1. The number of alkyl carbamates (subject to hydrolysis) is 1. The van der Waals surface area contributed by atoms with Gasteiger partial charge >= 0.3 is 12.1 Å². The van der Waals surface area contributed by atoms with E-state index in [1.54, 1.807) is 52.0 Å². The minimum atomic E-state index is -1.01. The number of rotatable bonds is 13. The van der Waals surface area contributed by atoms with Crippen LogP contribution in [0.1, 0.15) is 45.7 Å². The van der Waals surface area contributed by atoms with Crippen LogP contribution in [0.25, 0.3) is 0 Å². The lowest BCUT2D eigenvalue weighted by molar-refractivity contribution is -0.149. The molecule has 7 nitrogen and oxygen atoms in total. The Morgan fingerprint density at radius 3 is 2.47 bits per heavy atom. The summed E-state index contributed by atoms with van der Waals surface area (Å²) in [6, 6.07) is 9.12. The number of benzene rings is 1. The molecule has 0 radical (unpaired) electrons. The number of carboxylic acid groups (broad SMARTS) is 1. The Morgan fingerprint density at radius 2 is 1.91 bits per heavy atom. The monoisotopic (exact) mass is 445 g/mol. The number of aliphatic carboxylic acids is 1. The number of carbonyl (C=O) groups is 2. The van der Waals surface area contributed by atoms with Crippen molar-refractivity contribution in [2.24, 2.45) is 0 Å². The highest BCUT2D eigenvalue weighted by Crippen LogP contribution is 2.16. The van der Waals surface area contributed by atoms with Crippen LogP contribution in [0.2, 0.25) is 0 Å². The van der Waals surface area contributed by atoms with Crippen LogP contribution in [-0.4, -0.2) is 48.7 Å². The van der Waals surface area contributed by atoms with Crippen LogP contribution in [0.5, 0.6) is 0 Å². The van der Waals surface area contributed by atoms with Gasteiger partial charge in [0.2, 0.25) is 0 Å². The van der Waals surface area contributed by atoms with Crippen LogP contribution < -0.4 is 5.32 Å². The molecule has 2 N–H and O–H groups in total. The topological polar surface area (TPSA) is 94.1 Å².